The van der Waals surface area contributed by atoms with Crippen LogP contribution in [0.5, 0.6) is 11.5 Å². The monoisotopic (exact) mass is 427 g/mol. The highest BCUT2D eigenvalue weighted by molar-refractivity contribution is 5.97. The Bertz CT molecular complexity index is 923. The van der Waals surface area contributed by atoms with Crippen LogP contribution in [-0.4, -0.2) is 58.1 Å². The number of quaternary nitrogens is 2. The van der Waals surface area contributed by atoms with E-state index >= 15 is 0 Å². The molecule has 0 radical (unpaired) electrons. The Kier molecular flexibility index (Phi) is 7.65. The average Bonchev–Trinajstić information content (AvgIpc) is 2.79. The van der Waals surface area contributed by atoms with Crippen molar-refractivity contribution in [1.29, 1.82) is 0 Å². The Morgan fingerprint density at radius 3 is 2.35 bits per heavy atom. The summed E-state index contributed by atoms with van der Waals surface area (Å²) < 4.78 is 10.7. The van der Waals surface area contributed by atoms with Gasteiger partial charge in [-0.3, -0.25) is 9.59 Å². The number of piperazine rings is 1. The van der Waals surface area contributed by atoms with Gasteiger partial charge in [-0.2, -0.15) is 0 Å². The Morgan fingerprint density at radius 1 is 1.00 bits per heavy atom. The van der Waals surface area contributed by atoms with Crippen molar-refractivity contribution in [1.82, 2.24) is 0 Å². The van der Waals surface area contributed by atoms with Crippen molar-refractivity contribution in [3.05, 3.63) is 53.6 Å². The summed E-state index contributed by atoms with van der Waals surface area (Å²) in [5.41, 5.74) is 2.49. The van der Waals surface area contributed by atoms with Gasteiger partial charge in [0.1, 0.15) is 32.7 Å². The first-order chi connectivity index (χ1) is 14.9. The molecule has 0 aliphatic carbocycles. The van der Waals surface area contributed by atoms with Gasteiger partial charge in [0.15, 0.2) is 23.3 Å². The fourth-order valence-corrected chi connectivity index (χ4v) is 4.07. The smallest absolute Gasteiger partial charge is 0.282 e. The number of carbonyl (C=O) groups is 2. The molecule has 2 aromatic carbocycles. The molecule has 1 aliphatic rings. The molecule has 0 bridgehead atoms. The Labute approximate surface area is 183 Å². The van der Waals surface area contributed by atoms with Gasteiger partial charge in [0.05, 0.1) is 14.2 Å². The van der Waals surface area contributed by atoms with Gasteiger partial charge in [0.2, 0.25) is 0 Å². The summed E-state index contributed by atoms with van der Waals surface area (Å²) in [6.45, 7) is 8.29. The van der Waals surface area contributed by atoms with Gasteiger partial charge in [-0.05, 0) is 44.2 Å². The lowest BCUT2D eigenvalue weighted by Gasteiger charge is -2.32. The zero-order chi connectivity index (χ0) is 22.4. The van der Waals surface area contributed by atoms with Crippen molar-refractivity contribution >= 4 is 17.4 Å². The third-order valence-electron chi connectivity index (χ3n) is 6.04. The number of hydrogen-bond acceptors (Lipinski definition) is 4. The van der Waals surface area contributed by atoms with Gasteiger partial charge in [-0.1, -0.05) is 12.1 Å². The molecule has 31 heavy (non-hydrogen) atoms. The van der Waals surface area contributed by atoms with Crippen molar-refractivity contribution in [2.45, 2.75) is 26.4 Å². The standard InChI is InChI=1S/C24H31N3O4/c1-17(24(29)25-21-7-5-6-20(15-21)18(2)28)27-12-10-26(11-13-27)16-19-8-9-22(30-3)23(14-19)31-4/h5-9,14-15,17H,10-13,16H2,1-4H3,(H,25,29)/p+2/t17-/m1/s1. The minimum absolute atomic E-state index is 0.0108. The predicted molar refractivity (Wildman–Crippen MR) is 119 cm³/mol. The highest BCUT2D eigenvalue weighted by Crippen LogP contribution is 2.27. The molecular weight excluding hydrogens is 394 g/mol. The maximum absolute atomic E-state index is 12.7. The van der Waals surface area contributed by atoms with Crippen LogP contribution in [0.4, 0.5) is 5.69 Å². The van der Waals surface area contributed by atoms with Gasteiger partial charge in [0, 0.05) is 16.8 Å². The second-order valence-corrected chi connectivity index (χ2v) is 8.12. The van der Waals surface area contributed by atoms with Gasteiger partial charge in [-0.15, -0.1) is 0 Å². The van der Waals surface area contributed by atoms with E-state index in [0.717, 1.165) is 44.2 Å². The van der Waals surface area contributed by atoms with Crippen LogP contribution >= 0.6 is 0 Å². The van der Waals surface area contributed by atoms with E-state index < -0.39 is 0 Å². The molecule has 1 saturated heterocycles. The minimum atomic E-state index is -0.149. The van der Waals surface area contributed by atoms with Gasteiger partial charge in [-0.25, -0.2) is 0 Å². The topological polar surface area (TPSA) is 73.5 Å². The average molecular weight is 428 g/mol. The molecule has 7 nitrogen and oxygen atoms in total. The number of carbonyl (C=O) groups excluding carboxylic acids is 2. The first-order valence-electron chi connectivity index (χ1n) is 10.7. The third-order valence-corrected chi connectivity index (χ3v) is 6.04. The van der Waals surface area contributed by atoms with Crippen LogP contribution in [0.2, 0.25) is 0 Å². The van der Waals surface area contributed by atoms with Crippen LogP contribution in [0.1, 0.15) is 29.8 Å². The molecule has 3 rings (SSSR count). The lowest BCUT2D eigenvalue weighted by Crippen LogP contribution is -3.29. The zero-order valence-electron chi connectivity index (χ0n) is 18.8. The Balaban J connectivity index is 1.52. The quantitative estimate of drug-likeness (QED) is 0.527. The van der Waals surface area contributed by atoms with Crippen molar-refractivity contribution < 1.29 is 28.9 Å². The third kappa shape index (κ3) is 5.83. The number of methoxy groups -OCH3 is 2. The summed E-state index contributed by atoms with van der Waals surface area (Å²) in [5, 5.41) is 2.96. The van der Waals surface area contributed by atoms with E-state index in [-0.39, 0.29) is 17.7 Å². The minimum Gasteiger partial charge on any atom is -0.493 e. The lowest BCUT2D eigenvalue weighted by molar-refractivity contribution is -1.02. The summed E-state index contributed by atoms with van der Waals surface area (Å²) in [6, 6.07) is 13.0. The molecular formula is C24H33N3O4+2. The zero-order valence-corrected chi connectivity index (χ0v) is 18.8. The number of nitrogens with one attached hydrogen (secondary N) is 3. The molecule has 1 amide bonds. The van der Waals surface area contributed by atoms with E-state index in [9.17, 15) is 9.59 Å². The van der Waals surface area contributed by atoms with E-state index in [0.29, 0.717) is 11.3 Å². The van der Waals surface area contributed by atoms with Crippen LogP contribution in [0.25, 0.3) is 0 Å². The van der Waals surface area contributed by atoms with Crippen LogP contribution in [0, 0.1) is 0 Å². The van der Waals surface area contributed by atoms with Crippen LogP contribution < -0.4 is 24.6 Å². The highest BCUT2D eigenvalue weighted by atomic mass is 16.5. The summed E-state index contributed by atoms with van der Waals surface area (Å²) in [6.07, 6.45) is 0. The number of Topliss-reactive ketones (excluding diaryl/α,β-unsaturated/α-hetero) is 1. The van der Waals surface area contributed by atoms with E-state index in [2.05, 4.69) is 11.4 Å². The SMILES string of the molecule is COc1ccc(C[NH+]2CC[NH+]([C@H](C)C(=O)Nc3cccc(C(C)=O)c3)CC2)cc1OC. The maximum Gasteiger partial charge on any atom is 0.282 e. The van der Waals surface area contributed by atoms with Crippen molar-refractivity contribution in [2.75, 3.05) is 45.7 Å². The lowest BCUT2D eigenvalue weighted by atomic mass is 10.1. The molecule has 1 aliphatic heterocycles. The first-order valence-corrected chi connectivity index (χ1v) is 10.7. The molecule has 0 unspecified atom stereocenters. The molecule has 7 heteroatoms. The number of ether oxygens (including phenoxy) is 2. The van der Waals surface area contributed by atoms with Gasteiger partial charge in [0.25, 0.3) is 5.91 Å². The molecule has 0 saturated carbocycles. The summed E-state index contributed by atoms with van der Waals surface area (Å²) in [7, 11) is 3.29. The largest absolute Gasteiger partial charge is 0.493 e. The normalized spacial score (nSPS) is 19.4. The molecule has 3 N–H and O–H groups in total. The molecule has 2 aromatic rings. The number of anilines is 1. The van der Waals surface area contributed by atoms with Crippen LogP contribution in [0.3, 0.4) is 0 Å². The highest BCUT2D eigenvalue weighted by Gasteiger charge is 2.31. The predicted octanol–water partition coefficient (Wildman–Crippen LogP) is 0.217. The summed E-state index contributed by atoms with van der Waals surface area (Å²) >= 11 is 0. The number of rotatable bonds is 8. The molecule has 1 atom stereocenters. The molecule has 166 valence electrons. The fraction of sp³-hybridized carbons (Fsp3) is 0.417. The van der Waals surface area contributed by atoms with Gasteiger partial charge < -0.3 is 24.6 Å². The van der Waals surface area contributed by atoms with Crippen LogP contribution in [-0.2, 0) is 11.3 Å². The number of benzene rings is 2. The first kappa shape index (κ1) is 22.8. The number of ketones is 1. The molecule has 0 spiro atoms. The van der Waals surface area contributed by atoms with E-state index in [1.807, 2.05) is 25.1 Å². The van der Waals surface area contributed by atoms with Gasteiger partial charge >= 0.3 is 0 Å². The molecule has 1 heterocycles. The fourth-order valence-electron chi connectivity index (χ4n) is 4.07. The van der Waals surface area contributed by atoms with Crippen LogP contribution in [0.15, 0.2) is 42.5 Å². The molecule has 1 fully saturated rings. The second kappa shape index (κ2) is 10.4. The second-order valence-electron chi connectivity index (χ2n) is 8.12. The summed E-state index contributed by atoms with van der Waals surface area (Å²) in [4.78, 5) is 27.1. The Morgan fingerprint density at radius 2 is 1.71 bits per heavy atom. The van der Waals surface area contributed by atoms with E-state index in [1.54, 1.807) is 32.4 Å². The van der Waals surface area contributed by atoms with Crippen molar-refractivity contribution in [2.24, 2.45) is 0 Å². The number of hydrogen-bond donors (Lipinski definition) is 3. The van der Waals surface area contributed by atoms with E-state index in [1.165, 1.54) is 22.3 Å². The Hall–Kier alpha value is -2.90. The maximum atomic E-state index is 12.7. The summed E-state index contributed by atoms with van der Waals surface area (Å²) in [5.74, 6) is 1.47. The molecule has 0 aromatic heterocycles. The van der Waals surface area contributed by atoms with E-state index in [4.69, 9.17) is 9.47 Å². The number of amides is 1. The van der Waals surface area contributed by atoms with Crippen molar-refractivity contribution in [3.63, 3.8) is 0 Å². The van der Waals surface area contributed by atoms with Crippen molar-refractivity contribution in [3.8, 4) is 11.5 Å².